The van der Waals surface area contributed by atoms with Gasteiger partial charge in [0.05, 0.1) is 17.2 Å². The molecular weight excluding hydrogens is 492 g/mol. The van der Waals surface area contributed by atoms with Crippen molar-refractivity contribution >= 4 is 34.6 Å². The van der Waals surface area contributed by atoms with Crippen LogP contribution in [-0.4, -0.2) is 29.1 Å². The number of ether oxygens (including phenoxy) is 2. The van der Waals surface area contributed by atoms with E-state index in [1.54, 1.807) is 4.90 Å². The van der Waals surface area contributed by atoms with Gasteiger partial charge in [0.25, 0.3) is 5.91 Å². The second kappa shape index (κ2) is 11.9. The zero-order valence-corrected chi connectivity index (χ0v) is 24.2. The highest BCUT2D eigenvalue weighted by Gasteiger charge is 2.32. The zero-order valence-electron chi connectivity index (χ0n) is 23.3. The second-order valence-electron chi connectivity index (χ2n) is 9.65. The standard InChI is InChI=1S/C32H36N2O3S/c1-8-34-31(35)30(38-32(34)33-27-16-20(3)10-11-22(27)5)18-25-12-13-28(29(17-25)36-9-2)37-19-26-23(6)14-21(4)15-24(26)7/h10-18H,8-9,19H2,1-7H3/b30-18+,33-32?. The summed E-state index contributed by atoms with van der Waals surface area (Å²) in [5.41, 5.74) is 8.86. The van der Waals surface area contributed by atoms with Gasteiger partial charge in [0, 0.05) is 6.54 Å². The number of amidine groups is 1. The monoisotopic (exact) mass is 528 g/mol. The van der Waals surface area contributed by atoms with Gasteiger partial charge in [-0.15, -0.1) is 0 Å². The quantitative estimate of drug-likeness (QED) is 0.280. The van der Waals surface area contributed by atoms with Crippen LogP contribution in [0.1, 0.15) is 52.8 Å². The minimum Gasteiger partial charge on any atom is -0.490 e. The molecule has 0 radical (unpaired) electrons. The van der Waals surface area contributed by atoms with Crippen molar-refractivity contribution in [3.8, 4) is 11.5 Å². The summed E-state index contributed by atoms with van der Waals surface area (Å²) in [5, 5.41) is 0.700. The molecule has 0 aromatic heterocycles. The number of amides is 1. The average molecular weight is 529 g/mol. The minimum absolute atomic E-state index is 0.0369. The highest BCUT2D eigenvalue weighted by atomic mass is 32.2. The number of carbonyl (C=O) groups excluding carboxylic acids is 1. The molecule has 0 N–H and O–H groups in total. The first-order valence-corrected chi connectivity index (χ1v) is 13.9. The summed E-state index contributed by atoms with van der Waals surface area (Å²) in [7, 11) is 0. The lowest BCUT2D eigenvalue weighted by molar-refractivity contribution is -0.122. The summed E-state index contributed by atoms with van der Waals surface area (Å²) in [5.74, 6) is 1.31. The molecule has 6 heteroatoms. The molecule has 3 aromatic carbocycles. The van der Waals surface area contributed by atoms with Crippen LogP contribution < -0.4 is 9.47 Å². The van der Waals surface area contributed by atoms with E-state index < -0.39 is 0 Å². The number of hydrogen-bond donors (Lipinski definition) is 0. The normalized spacial score (nSPS) is 15.6. The van der Waals surface area contributed by atoms with Gasteiger partial charge in [0.1, 0.15) is 6.61 Å². The van der Waals surface area contributed by atoms with E-state index in [1.807, 2.05) is 52.0 Å². The first-order valence-electron chi connectivity index (χ1n) is 13.0. The van der Waals surface area contributed by atoms with Gasteiger partial charge in [-0.05, 0) is 118 Å². The number of rotatable bonds is 8. The highest BCUT2D eigenvalue weighted by Crippen LogP contribution is 2.37. The molecule has 1 aliphatic rings. The van der Waals surface area contributed by atoms with Crippen molar-refractivity contribution < 1.29 is 14.3 Å². The molecule has 5 nitrogen and oxygen atoms in total. The molecule has 198 valence electrons. The van der Waals surface area contributed by atoms with Crippen LogP contribution in [0.25, 0.3) is 6.08 Å². The summed E-state index contributed by atoms with van der Waals surface area (Å²) >= 11 is 1.41. The molecule has 0 aliphatic carbocycles. The number of thioether (sulfide) groups is 1. The Kier molecular flexibility index (Phi) is 8.62. The van der Waals surface area contributed by atoms with Crippen molar-refractivity contribution in [1.82, 2.24) is 4.90 Å². The lowest BCUT2D eigenvalue weighted by Crippen LogP contribution is -2.28. The number of likely N-dealkylation sites (N-methyl/N-ethyl adjacent to an activating group) is 1. The maximum absolute atomic E-state index is 13.2. The van der Waals surface area contributed by atoms with Crippen molar-refractivity contribution in [1.29, 1.82) is 0 Å². The number of aliphatic imine (C=N–C) groups is 1. The molecule has 0 saturated carbocycles. The first kappa shape index (κ1) is 27.5. The molecule has 1 saturated heterocycles. The SMILES string of the molecule is CCOc1cc(/C=C2/SC(=Nc3cc(C)ccc3C)N(CC)C2=O)ccc1OCc1c(C)cc(C)cc1C. The fraction of sp³-hybridized carbons (Fsp3) is 0.312. The molecule has 1 aliphatic heterocycles. The Bertz CT molecular complexity index is 1400. The van der Waals surface area contributed by atoms with Crippen molar-refractivity contribution in [3.05, 3.63) is 92.4 Å². The molecule has 38 heavy (non-hydrogen) atoms. The number of benzene rings is 3. The number of aryl methyl sites for hydroxylation is 5. The predicted molar refractivity (Wildman–Crippen MR) is 159 cm³/mol. The van der Waals surface area contributed by atoms with E-state index in [2.05, 4.69) is 51.1 Å². The fourth-order valence-electron chi connectivity index (χ4n) is 4.55. The largest absolute Gasteiger partial charge is 0.490 e. The molecule has 0 spiro atoms. The summed E-state index contributed by atoms with van der Waals surface area (Å²) < 4.78 is 12.1. The van der Waals surface area contributed by atoms with Gasteiger partial charge in [-0.25, -0.2) is 4.99 Å². The van der Waals surface area contributed by atoms with Crippen LogP contribution in [0.5, 0.6) is 11.5 Å². The van der Waals surface area contributed by atoms with Gasteiger partial charge < -0.3 is 9.47 Å². The van der Waals surface area contributed by atoms with E-state index >= 15 is 0 Å². The molecule has 0 atom stereocenters. The maximum atomic E-state index is 13.2. The Morgan fingerprint density at radius 2 is 1.58 bits per heavy atom. The van der Waals surface area contributed by atoms with Crippen molar-refractivity contribution in [2.24, 2.45) is 4.99 Å². The molecule has 4 rings (SSSR count). The van der Waals surface area contributed by atoms with Gasteiger partial charge >= 0.3 is 0 Å². The van der Waals surface area contributed by atoms with Gasteiger partial charge in [-0.2, -0.15) is 0 Å². The van der Waals surface area contributed by atoms with E-state index in [-0.39, 0.29) is 5.91 Å². The number of carbonyl (C=O) groups is 1. The molecular formula is C32H36N2O3S. The maximum Gasteiger partial charge on any atom is 0.266 e. The van der Waals surface area contributed by atoms with Crippen molar-refractivity contribution in [2.75, 3.05) is 13.2 Å². The van der Waals surface area contributed by atoms with Crippen LogP contribution in [0.3, 0.4) is 0 Å². The Labute approximate surface area is 230 Å². The van der Waals surface area contributed by atoms with Gasteiger partial charge in [0.2, 0.25) is 0 Å². The third-order valence-electron chi connectivity index (χ3n) is 6.56. The molecule has 1 amide bonds. The summed E-state index contributed by atoms with van der Waals surface area (Å²) in [6, 6.07) is 16.4. The zero-order chi connectivity index (χ0) is 27.4. The Morgan fingerprint density at radius 3 is 2.26 bits per heavy atom. The smallest absolute Gasteiger partial charge is 0.266 e. The summed E-state index contributed by atoms with van der Waals surface area (Å²) in [4.78, 5) is 20.4. The molecule has 1 fully saturated rings. The van der Waals surface area contributed by atoms with Gasteiger partial charge in [-0.3, -0.25) is 9.69 Å². The topological polar surface area (TPSA) is 51.1 Å². The van der Waals surface area contributed by atoms with Crippen LogP contribution >= 0.6 is 11.8 Å². The average Bonchev–Trinajstić information content (AvgIpc) is 3.15. The number of hydrogen-bond acceptors (Lipinski definition) is 5. The van der Waals surface area contributed by atoms with E-state index in [0.717, 1.165) is 22.4 Å². The molecule has 3 aromatic rings. The van der Waals surface area contributed by atoms with Crippen LogP contribution in [-0.2, 0) is 11.4 Å². The van der Waals surface area contributed by atoms with E-state index in [0.29, 0.717) is 41.3 Å². The van der Waals surface area contributed by atoms with E-state index in [1.165, 1.54) is 34.0 Å². The minimum atomic E-state index is -0.0369. The molecule has 1 heterocycles. The van der Waals surface area contributed by atoms with Crippen LogP contribution in [0.2, 0.25) is 0 Å². The van der Waals surface area contributed by atoms with Gasteiger partial charge in [-0.1, -0.05) is 35.9 Å². The number of nitrogens with zero attached hydrogens (tertiary/aromatic N) is 2. The van der Waals surface area contributed by atoms with Crippen molar-refractivity contribution in [3.63, 3.8) is 0 Å². The summed E-state index contributed by atoms with van der Waals surface area (Å²) in [6.07, 6.45) is 1.90. The highest BCUT2D eigenvalue weighted by molar-refractivity contribution is 8.18. The van der Waals surface area contributed by atoms with E-state index in [9.17, 15) is 4.79 Å². The summed E-state index contributed by atoms with van der Waals surface area (Å²) in [6.45, 7) is 15.9. The van der Waals surface area contributed by atoms with Crippen molar-refractivity contribution in [2.45, 2.75) is 55.1 Å². The fourth-order valence-corrected chi connectivity index (χ4v) is 5.61. The third-order valence-corrected chi connectivity index (χ3v) is 7.57. The first-order chi connectivity index (χ1) is 18.2. The van der Waals surface area contributed by atoms with Crippen LogP contribution in [0, 0.1) is 34.6 Å². The molecule has 0 bridgehead atoms. The third kappa shape index (κ3) is 6.13. The molecule has 0 unspecified atom stereocenters. The lowest BCUT2D eigenvalue weighted by atomic mass is 10.0. The lowest BCUT2D eigenvalue weighted by Gasteiger charge is -2.16. The Balaban J connectivity index is 1.59. The predicted octanol–water partition coefficient (Wildman–Crippen LogP) is 7.83. The van der Waals surface area contributed by atoms with Gasteiger partial charge in [0.15, 0.2) is 16.7 Å². The van der Waals surface area contributed by atoms with Crippen LogP contribution in [0.15, 0.2) is 58.4 Å². The second-order valence-corrected chi connectivity index (χ2v) is 10.7. The van der Waals surface area contributed by atoms with Crippen LogP contribution in [0.4, 0.5) is 5.69 Å². The van der Waals surface area contributed by atoms with E-state index in [4.69, 9.17) is 14.5 Å². The Hall–Kier alpha value is -3.51. The Morgan fingerprint density at radius 1 is 0.842 bits per heavy atom.